The Morgan fingerprint density at radius 1 is 1.70 bits per heavy atom. The van der Waals surface area contributed by atoms with Crippen molar-refractivity contribution in [3.8, 4) is 0 Å². The van der Waals surface area contributed by atoms with E-state index in [2.05, 4.69) is 10.6 Å². The zero-order valence-electron chi connectivity index (χ0n) is 5.89. The predicted octanol–water partition coefficient (Wildman–Crippen LogP) is -0.736. The number of hydrogen-bond acceptors (Lipinski definition) is 2. The van der Waals surface area contributed by atoms with Gasteiger partial charge in [-0.2, -0.15) is 0 Å². The molecule has 4 N–H and O–H groups in total. The molecule has 4 heteroatoms. The summed E-state index contributed by atoms with van der Waals surface area (Å²) >= 11 is 0. The second-order valence-electron chi connectivity index (χ2n) is 2.60. The lowest BCUT2D eigenvalue weighted by Gasteiger charge is -2.26. The Balaban J connectivity index is 1.89. The Kier molecular flexibility index (Phi) is 2.50. The lowest BCUT2D eigenvalue weighted by molar-refractivity contribution is 0.246. The van der Waals surface area contributed by atoms with Crippen molar-refractivity contribution in [1.82, 2.24) is 10.6 Å². The number of carbonyl (C=O) groups excluding carboxylic acids is 1. The van der Waals surface area contributed by atoms with Crippen LogP contribution in [0, 0.1) is 5.92 Å². The number of rotatable bonds is 3. The molecule has 0 atom stereocenters. The van der Waals surface area contributed by atoms with E-state index >= 15 is 0 Å². The predicted molar refractivity (Wildman–Crippen MR) is 38.6 cm³/mol. The summed E-state index contributed by atoms with van der Waals surface area (Å²) in [6.07, 6.45) is 1.04. The minimum absolute atomic E-state index is 0.424. The van der Waals surface area contributed by atoms with Gasteiger partial charge in [-0.05, 0) is 25.4 Å². The maximum atomic E-state index is 10.2. The Morgan fingerprint density at radius 2 is 2.40 bits per heavy atom. The minimum atomic E-state index is -0.424. The largest absolute Gasteiger partial charge is 0.352 e. The van der Waals surface area contributed by atoms with E-state index in [1.54, 1.807) is 0 Å². The van der Waals surface area contributed by atoms with Crippen molar-refractivity contribution >= 4 is 6.03 Å². The number of primary amides is 1. The van der Waals surface area contributed by atoms with Crippen molar-refractivity contribution in [2.24, 2.45) is 11.7 Å². The third-order valence-electron chi connectivity index (χ3n) is 1.72. The van der Waals surface area contributed by atoms with Gasteiger partial charge in [0, 0.05) is 6.54 Å². The van der Waals surface area contributed by atoms with Crippen LogP contribution in [0.1, 0.15) is 6.42 Å². The molecule has 1 saturated heterocycles. The summed E-state index contributed by atoms with van der Waals surface area (Å²) in [6.45, 7) is 2.88. The molecule has 1 fully saturated rings. The van der Waals surface area contributed by atoms with Gasteiger partial charge in [-0.15, -0.1) is 0 Å². The first-order chi connectivity index (χ1) is 4.79. The van der Waals surface area contributed by atoms with Gasteiger partial charge < -0.3 is 16.4 Å². The van der Waals surface area contributed by atoms with Gasteiger partial charge in [-0.1, -0.05) is 0 Å². The van der Waals surface area contributed by atoms with Gasteiger partial charge >= 0.3 is 6.03 Å². The van der Waals surface area contributed by atoms with Crippen molar-refractivity contribution in [2.75, 3.05) is 19.6 Å². The van der Waals surface area contributed by atoms with E-state index in [-0.39, 0.29) is 0 Å². The van der Waals surface area contributed by atoms with E-state index in [1.807, 2.05) is 0 Å². The van der Waals surface area contributed by atoms with E-state index < -0.39 is 6.03 Å². The highest BCUT2D eigenvalue weighted by Gasteiger charge is 2.15. The molecule has 0 unspecified atom stereocenters. The molecule has 0 aromatic rings. The smallest absolute Gasteiger partial charge is 0.312 e. The SMILES string of the molecule is NC(=O)NCCC1CNC1. The number of hydrogen-bond donors (Lipinski definition) is 3. The molecule has 0 aromatic carbocycles. The van der Waals surface area contributed by atoms with Gasteiger partial charge in [0.05, 0.1) is 0 Å². The van der Waals surface area contributed by atoms with Crippen molar-refractivity contribution in [1.29, 1.82) is 0 Å². The molecule has 1 heterocycles. The van der Waals surface area contributed by atoms with E-state index in [4.69, 9.17) is 5.73 Å². The van der Waals surface area contributed by atoms with Crippen LogP contribution in [-0.4, -0.2) is 25.7 Å². The van der Waals surface area contributed by atoms with Crippen LogP contribution in [0.5, 0.6) is 0 Å². The zero-order chi connectivity index (χ0) is 7.40. The van der Waals surface area contributed by atoms with Gasteiger partial charge in [0.2, 0.25) is 0 Å². The first-order valence-corrected chi connectivity index (χ1v) is 3.53. The van der Waals surface area contributed by atoms with E-state index in [1.165, 1.54) is 0 Å². The van der Waals surface area contributed by atoms with Crippen LogP contribution in [0.25, 0.3) is 0 Å². The van der Waals surface area contributed by atoms with E-state index in [0.717, 1.165) is 25.4 Å². The standard InChI is InChI=1S/C6H13N3O/c7-6(10)9-2-1-5-3-8-4-5/h5,8H,1-4H2,(H3,7,9,10). The number of amides is 2. The average molecular weight is 143 g/mol. The fourth-order valence-corrected chi connectivity index (χ4v) is 0.952. The molecule has 0 saturated carbocycles. The fraction of sp³-hybridized carbons (Fsp3) is 0.833. The summed E-state index contributed by atoms with van der Waals surface area (Å²) in [5.41, 5.74) is 4.87. The lowest BCUT2D eigenvalue weighted by Crippen LogP contribution is -2.44. The summed E-state index contributed by atoms with van der Waals surface area (Å²) < 4.78 is 0. The summed E-state index contributed by atoms with van der Waals surface area (Å²) in [5, 5.41) is 5.71. The molecule has 1 rings (SSSR count). The molecule has 58 valence electrons. The van der Waals surface area contributed by atoms with Crippen LogP contribution in [0.15, 0.2) is 0 Å². The van der Waals surface area contributed by atoms with Gasteiger partial charge in [0.1, 0.15) is 0 Å². The van der Waals surface area contributed by atoms with Crippen molar-refractivity contribution in [2.45, 2.75) is 6.42 Å². The minimum Gasteiger partial charge on any atom is -0.352 e. The second-order valence-corrected chi connectivity index (χ2v) is 2.60. The average Bonchev–Trinajstić information content (AvgIpc) is 1.75. The first kappa shape index (κ1) is 7.34. The topological polar surface area (TPSA) is 67.2 Å². The van der Waals surface area contributed by atoms with E-state index in [0.29, 0.717) is 6.54 Å². The maximum Gasteiger partial charge on any atom is 0.312 e. The molecule has 10 heavy (non-hydrogen) atoms. The first-order valence-electron chi connectivity index (χ1n) is 3.53. The van der Waals surface area contributed by atoms with E-state index in [9.17, 15) is 4.79 Å². The summed E-state index contributed by atoms with van der Waals surface area (Å²) in [4.78, 5) is 10.2. The molecule has 0 aliphatic carbocycles. The van der Waals surface area contributed by atoms with Crippen LogP contribution >= 0.6 is 0 Å². The maximum absolute atomic E-state index is 10.2. The van der Waals surface area contributed by atoms with Gasteiger partial charge in [-0.3, -0.25) is 0 Å². The molecular weight excluding hydrogens is 130 g/mol. The van der Waals surface area contributed by atoms with Crippen molar-refractivity contribution in [3.05, 3.63) is 0 Å². The Hall–Kier alpha value is -0.770. The number of nitrogens with two attached hydrogens (primary N) is 1. The normalized spacial score (nSPS) is 18.0. The Labute approximate surface area is 60.2 Å². The van der Waals surface area contributed by atoms with Crippen molar-refractivity contribution < 1.29 is 4.79 Å². The molecule has 1 aliphatic rings. The monoisotopic (exact) mass is 143 g/mol. The molecule has 2 amide bonds. The lowest BCUT2D eigenvalue weighted by atomic mass is 10.00. The third kappa shape index (κ3) is 2.23. The molecule has 1 aliphatic heterocycles. The summed E-state index contributed by atoms with van der Waals surface area (Å²) in [5.74, 6) is 0.742. The van der Waals surface area contributed by atoms with Crippen LogP contribution in [-0.2, 0) is 0 Å². The van der Waals surface area contributed by atoms with Crippen LogP contribution in [0.2, 0.25) is 0 Å². The quantitative estimate of drug-likeness (QED) is 0.487. The highest BCUT2D eigenvalue weighted by Crippen LogP contribution is 2.05. The highest BCUT2D eigenvalue weighted by molar-refractivity contribution is 5.71. The number of urea groups is 1. The van der Waals surface area contributed by atoms with Crippen LogP contribution < -0.4 is 16.4 Å². The summed E-state index contributed by atoms with van der Waals surface area (Å²) in [6, 6.07) is -0.424. The Bertz CT molecular complexity index is 122. The Morgan fingerprint density at radius 3 is 2.80 bits per heavy atom. The van der Waals surface area contributed by atoms with Crippen LogP contribution in [0.3, 0.4) is 0 Å². The molecular formula is C6H13N3O. The number of nitrogens with one attached hydrogen (secondary N) is 2. The van der Waals surface area contributed by atoms with Crippen molar-refractivity contribution in [3.63, 3.8) is 0 Å². The second kappa shape index (κ2) is 3.41. The molecule has 4 nitrogen and oxygen atoms in total. The molecule has 0 bridgehead atoms. The summed E-state index contributed by atoms with van der Waals surface area (Å²) in [7, 11) is 0. The highest BCUT2D eigenvalue weighted by atomic mass is 16.2. The molecule has 0 spiro atoms. The third-order valence-corrected chi connectivity index (χ3v) is 1.72. The van der Waals surface area contributed by atoms with Crippen LogP contribution in [0.4, 0.5) is 4.79 Å². The van der Waals surface area contributed by atoms with Gasteiger partial charge in [0.15, 0.2) is 0 Å². The number of carbonyl (C=O) groups is 1. The van der Waals surface area contributed by atoms with Gasteiger partial charge in [0.25, 0.3) is 0 Å². The zero-order valence-corrected chi connectivity index (χ0v) is 5.89. The van der Waals surface area contributed by atoms with Gasteiger partial charge in [-0.25, -0.2) is 4.79 Å². The molecule has 0 aromatic heterocycles. The molecule has 0 radical (unpaired) electrons. The fourth-order valence-electron chi connectivity index (χ4n) is 0.952.